The highest BCUT2D eigenvalue weighted by atomic mass is 79.9. The first-order chi connectivity index (χ1) is 5.63. The number of nitrogen functional groups attached to an aromatic ring is 1. The van der Waals surface area contributed by atoms with Crippen molar-refractivity contribution in [3.63, 3.8) is 0 Å². The van der Waals surface area contributed by atoms with Crippen molar-refractivity contribution < 1.29 is 0 Å². The maximum absolute atomic E-state index is 5.34. The van der Waals surface area contributed by atoms with Gasteiger partial charge in [0.1, 0.15) is 0 Å². The lowest BCUT2D eigenvalue weighted by atomic mass is 10.8. The fourth-order valence-corrected chi connectivity index (χ4v) is 0.900. The lowest BCUT2D eigenvalue weighted by Gasteiger charge is -2.05. The number of anilines is 3. The summed E-state index contributed by atoms with van der Waals surface area (Å²) in [5.41, 5.74) is 5.34. The van der Waals surface area contributed by atoms with E-state index < -0.39 is 0 Å². The van der Waals surface area contributed by atoms with E-state index in [1.54, 1.807) is 0 Å². The first-order valence-electron chi connectivity index (χ1n) is 2.63. The van der Waals surface area contributed by atoms with Crippen LogP contribution >= 0.6 is 44.1 Å². The smallest absolute Gasteiger partial charge is 0.252 e. The Morgan fingerprint density at radius 2 is 2.00 bits per heavy atom. The van der Waals surface area contributed by atoms with E-state index in [4.69, 9.17) is 17.5 Å². The molecule has 0 spiro atoms. The van der Waals surface area contributed by atoms with Crippen molar-refractivity contribution in [2.75, 3.05) is 13.5 Å². The molecule has 0 fully saturated rings. The molecule has 0 aliphatic rings. The van der Waals surface area contributed by atoms with Crippen molar-refractivity contribution >= 4 is 61.9 Å². The molecule has 0 aromatic carbocycles. The summed E-state index contributed by atoms with van der Waals surface area (Å²) in [7, 11) is 0. The van der Waals surface area contributed by atoms with Crippen molar-refractivity contribution in [3.8, 4) is 0 Å². The Labute approximate surface area is 90.3 Å². The lowest BCUT2D eigenvalue weighted by Crippen LogP contribution is -2.05. The normalized spacial score (nSPS) is 9.58. The molecule has 0 bridgehead atoms. The molecule has 1 heterocycles. The van der Waals surface area contributed by atoms with Gasteiger partial charge in [-0.1, -0.05) is 0 Å². The minimum Gasteiger partial charge on any atom is -0.368 e. The summed E-state index contributed by atoms with van der Waals surface area (Å²) in [5.74, 6) is 0.556. The second-order valence-corrected chi connectivity index (χ2v) is 4.20. The van der Waals surface area contributed by atoms with Crippen LogP contribution in [0.1, 0.15) is 0 Å². The number of nitrogens with zero attached hydrogens (tertiary/aromatic N) is 4. The van der Waals surface area contributed by atoms with Crippen molar-refractivity contribution in [1.82, 2.24) is 15.0 Å². The fraction of sp³-hybridized carbons (Fsp3) is 0. The highest BCUT2D eigenvalue weighted by molar-refractivity contribution is 9.25. The number of aromatic nitrogens is 3. The molecule has 9 heteroatoms. The topological polar surface area (TPSA) is 80.0 Å². The minimum atomic E-state index is 0.0760. The van der Waals surface area contributed by atoms with Crippen LogP contribution in [0.2, 0.25) is 0 Å². The summed E-state index contributed by atoms with van der Waals surface area (Å²) in [5, 5.41) is 0. The van der Waals surface area contributed by atoms with Crippen LogP contribution in [0.3, 0.4) is 0 Å². The monoisotopic (exact) mass is 316 g/mol. The molecule has 0 aliphatic carbocycles. The second-order valence-electron chi connectivity index (χ2n) is 1.64. The second kappa shape index (κ2) is 4.06. The van der Waals surface area contributed by atoms with E-state index in [0.29, 0.717) is 5.95 Å². The zero-order chi connectivity index (χ0) is 9.14. The summed E-state index contributed by atoms with van der Waals surface area (Å²) in [6.45, 7) is 0. The molecular weight excluding hydrogens is 315 g/mol. The molecule has 0 aliphatic heterocycles. The average Bonchev–Trinajstić information content (AvgIpc) is 2.03. The van der Waals surface area contributed by atoms with Crippen LogP contribution in [0, 0.1) is 0 Å². The Hall–Kier alpha value is -0.340. The van der Waals surface area contributed by atoms with Crippen LogP contribution in [0.5, 0.6) is 0 Å². The highest BCUT2D eigenvalue weighted by Crippen LogP contribution is 2.18. The maximum Gasteiger partial charge on any atom is 0.252 e. The molecule has 12 heavy (non-hydrogen) atoms. The van der Waals surface area contributed by atoms with Gasteiger partial charge in [-0.05, 0) is 0 Å². The maximum atomic E-state index is 5.34. The molecule has 0 radical (unpaired) electrons. The molecule has 0 saturated heterocycles. The molecule has 0 unspecified atom stereocenters. The molecule has 0 atom stereocenters. The standard InChI is InChI=1S/C3H3Br2ClN6/c4-12(5)3-9-1(7)8-2(10-3)11-6/h(H3,7,8,9,10,11). The molecule has 1 rings (SSSR count). The van der Waals surface area contributed by atoms with Crippen LogP contribution in [0.25, 0.3) is 0 Å². The van der Waals surface area contributed by atoms with E-state index in [2.05, 4.69) is 52.1 Å². The van der Waals surface area contributed by atoms with Gasteiger partial charge in [0.25, 0.3) is 5.95 Å². The summed E-state index contributed by atoms with van der Waals surface area (Å²) >= 11 is 11.4. The molecule has 0 saturated carbocycles. The predicted octanol–water partition coefficient (Wildman–Crippen LogP) is 1.45. The van der Waals surface area contributed by atoms with Gasteiger partial charge in [0.2, 0.25) is 11.9 Å². The summed E-state index contributed by atoms with van der Waals surface area (Å²) < 4.78 is 1.33. The Balaban J connectivity index is 3.06. The SMILES string of the molecule is Nc1nc(NCl)nc(N(Br)Br)n1. The van der Waals surface area contributed by atoms with Crippen molar-refractivity contribution in [3.05, 3.63) is 0 Å². The van der Waals surface area contributed by atoms with Gasteiger partial charge in [-0.2, -0.15) is 15.0 Å². The zero-order valence-corrected chi connectivity index (χ0v) is 9.43. The minimum absolute atomic E-state index is 0.0760. The van der Waals surface area contributed by atoms with Crippen molar-refractivity contribution in [1.29, 1.82) is 0 Å². The van der Waals surface area contributed by atoms with Crippen molar-refractivity contribution in [2.24, 2.45) is 0 Å². The number of hydrogen-bond donors (Lipinski definition) is 2. The van der Waals surface area contributed by atoms with Crippen LogP contribution in [-0.2, 0) is 0 Å². The van der Waals surface area contributed by atoms with Gasteiger partial charge >= 0.3 is 0 Å². The number of hydrogen-bond acceptors (Lipinski definition) is 6. The Morgan fingerprint density at radius 1 is 1.33 bits per heavy atom. The Kier molecular flexibility index (Phi) is 3.29. The third-order valence-electron chi connectivity index (χ3n) is 0.877. The van der Waals surface area contributed by atoms with E-state index in [9.17, 15) is 0 Å². The Morgan fingerprint density at radius 3 is 2.50 bits per heavy atom. The zero-order valence-electron chi connectivity index (χ0n) is 5.50. The molecule has 0 amide bonds. The van der Waals surface area contributed by atoms with Gasteiger partial charge in [0, 0.05) is 11.8 Å². The van der Waals surface area contributed by atoms with Gasteiger partial charge in [-0.3, -0.25) is 4.84 Å². The van der Waals surface area contributed by atoms with E-state index in [1.165, 1.54) is 2.95 Å². The van der Waals surface area contributed by atoms with Gasteiger partial charge in [0.05, 0.1) is 32.3 Å². The third kappa shape index (κ3) is 2.32. The highest BCUT2D eigenvalue weighted by Gasteiger charge is 2.06. The summed E-state index contributed by atoms with van der Waals surface area (Å²) in [6.07, 6.45) is 0. The number of rotatable bonds is 2. The summed E-state index contributed by atoms with van der Waals surface area (Å²) in [4.78, 5) is 13.5. The molecule has 6 nitrogen and oxygen atoms in total. The number of halogens is 3. The van der Waals surface area contributed by atoms with Crippen molar-refractivity contribution in [2.45, 2.75) is 0 Å². The molecular formula is C3H3Br2ClN6. The largest absolute Gasteiger partial charge is 0.368 e. The first-order valence-corrected chi connectivity index (χ1v) is 4.43. The van der Waals surface area contributed by atoms with E-state index in [1.807, 2.05) is 0 Å². The van der Waals surface area contributed by atoms with Crippen LogP contribution in [0.15, 0.2) is 0 Å². The number of nitrogens with two attached hydrogens (primary N) is 1. The van der Waals surface area contributed by atoms with E-state index in [0.717, 1.165) is 0 Å². The van der Waals surface area contributed by atoms with Gasteiger partial charge in [-0.15, -0.1) is 0 Å². The fourth-order valence-electron chi connectivity index (χ4n) is 0.499. The van der Waals surface area contributed by atoms with E-state index in [-0.39, 0.29) is 11.9 Å². The van der Waals surface area contributed by atoms with Gasteiger partial charge < -0.3 is 5.73 Å². The van der Waals surface area contributed by atoms with Crippen LogP contribution in [0.4, 0.5) is 17.8 Å². The molecule has 66 valence electrons. The molecule has 1 aromatic heterocycles. The Bertz CT molecular complexity index is 279. The van der Waals surface area contributed by atoms with Gasteiger partial charge in [-0.25, -0.2) is 2.95 Å². The lowest BCUT2D eigenvalue weighted by molar-refractivity contribution is 1.08. The van der Waals surface area contributed by atoms with E-state index >= 15 is 0 Å². The summed E-state index contributed by atoms with van der Waals surface area (Å²) in [6, 6.07) is 0. The average molecular weight is 318 g/mol. The van der Waals surface area contributed by atoms with Crippen LogP contribution < -0.4 is 13.5 Å². The number of nitrogens with one attached hydrogen (secondary N) is 1. The quantitative estimate of drug-likeness (QED) is 0.803. The molecule has 1 aromatic rings. The third-order valence-corrected chi connectivity index (χ3v) is 1.68. The van der Waals surface area contributed by atoms with Crippen LogP contribution in [-0.4, -0.2) is 15.0 Å². The predicted molar refractivity (Wildman–Crippen MR) is 54.0 cm³/mol. The van der Waals surface area contributed by atoms with Gasteiger partial charge in [0.15, 0.2) is 0 Å². The first kappa shape index (κ1) is 9.75. The molecule has 3 N–H and O–H groups in total.